The van der Waals surface area contributed by atoms with Crippen LogP contribution in [0.2, 0.25) is 0 Å². The Labute approximate surface area is 147 Å². The van der Waals surface area contributed by atoms with Crippen LogP contribution >= 0.6 is 0 Å². The van der Waals surface area contributed by atoms with E-state index in [1.165, 1.54) is 22.9 Å². The minimum atomic E-state index is -3.59. The van der Waals surface area contributed by atoms with Crippen molar-refractivity contribution in [1.29, 1.82) is 0 Å². The summed E-state index contributed by atoms with van der Waals surface area (Å²) >= 11 is 0. The average Bonchev–Trinajstić information content (AvgIpc) is 3.06. The zero-order valence-corrected chi connectivity index (χ0v) is 14.5. The van der Waals surface area contributed by atoms with Crippen LogP contribution in [0.4, 0.5) is 0 Å². The minimum absolute atomic E-state index is 0.0799. The lowest BCUT2D eigenvalue weighted by Gasteiger charge is -2.20. The maximum absolute atomic E-state index is 12.5. The SMILES string of the molecule is O=C(/C=C/c1ccccc1)N1CCCN(S(=O)(=O)c2cnc[nH]2)CC1. The van der Waals surface area contributed by atoms with Gasteiger partial charge in [0.05, 0.1) is 12.5 Å². The molecule has 8 heteroatoms. The average molecular weight is 360 g/mol. The van der Waals surface area contributed by atoms with Crippen LogP contribution in [0.5, 0.6) is 0 Å². The third-order valence-corrected chi connectivity index (χ3v) is 5.90. The van der Waals surface area contributed by atoms with Crippen LogP contribution in [0.25, 0.3) is 6.08 Å². The Morgan fingerprint density at radius 2 is 1.92 bits per heavy atom. The molecule has 1 amide bonds. The Balaban J connectivity index is 1.63. The van der Waals surface area contributed by atoms with Crippen molar-refractivity contribution in [1.82, 2.24) is 19.2 Å². The highest BCUT2D eigenvalue weighted by atomic mass is 32.2. The molecule has 0 unspecified atom stereocenters. The molecule has 132 valence electrons. The summed E-state index contributed by atoms with van der Waals surface area (Å²) in [5, 5.41) is 0.0799. The van der Waals surface area contributed by atoms with Gasteiger partial charge < -0.3 is 9.88 Å². The lowest BCUT2D eigenvalue weighted by Crippen LogP contribution is -2.36. The molecule has 0 aliphatic carbocycles. The molecule has 2 aromatic rings. The zero-order valence-electron chi connectivity index (χ0n) is 13.7. The van der Waals surface area contributed by atoms with Crippen LogP contribution in [-0.4, -0.2) is 59.7 Å². The number of amides is 1. The molecule has 0 atom stereocenters. The van der Waals surface area contributed by atoms with Gasteiger partial charge in [-0.15, -0.1) is 0 Å². The van der Waals surface area contributed by atoms with E-state index in [4.69, 9.17) is 0 Å². The van der Waals surface area contributed by atoms with Crippen molar-refractivity contribution < 1.29 is 13.2 Å². The molecule has 0 radical (unpaired) electrons. The number of H-pyrrole nitrogens is 1. The quantitative estimate of drug-likeness (QED) is 0.834. The van der Waals surface area contributed by atoms with Gasteiger partial charge in [-0.25, -0.2) is 13.4 Å². The summed E-state index contributed by atoms with van der Waals surface area (Å²) in [6.07, 6.45) is 6.54. The van der Waals surface area contributed by atoms with Crippen molar-refractivity contribution in [2.45, 2.75) is 11.4 Å². The summed E-state index contributed by atoms with van der Waals surface area (Å²) in [4.78, 5) is 20.4. The molecule has 0 bridgehead atoms. The fourth-order valence-corrected chi connectivity index (χ4v) is 4.08. The van der Waals surface area contributed by atoms with Gasteiger partial charge in [-0.2, -0.15) is 4.31 Å². The highest BCUT2D eigenvalue weighted by Crippen LogP contribution is 2.15. The van der Waals surface area contributed by atoms with Crippen molar-refractivity contribution in [2.24, 2.45) is 0 Å². The van der Waals surface area contributed by atoms with Gasteiger partial charge in [0, 0.05) is 32.3 Å². The number of hydrogen-bond acceptors (Lipinski definition) is 4. The number of rotatable bonds is 4. The molecule has 0 saturated carbocycles. The summed E-state index contributed by atoms with van der Waals surface area (Å²) in [6, 6.07) is 9.58. The van der Waals surface area contributed by atoms with Crippen LogP contribution in [0, 0.1) is 0 Å². The first kappa shape index (κ1) is 17.4. The summed E-state index contributed by atoms with van der Waals surface area (Å²) in [5.41, 5.74) is 0.953. The molecule has 7 nitrogen and oxygen atoms in total. The van der Waals surface area contributed by atoms with E-state index in [1.54, 1.807) is 11.0 Å². The summed E-state index contributed by atoms with van der Waals surface area (Å²) < 4.78 is 26.4. The van der Waals surface area contributed by atoms with Gasteiger partial charge in [0.25, 0.3) is 10.0 Å². The maximum atomic E-state index is 12.5. The highest BCUT2D eigenvalue weighted by molar-refractivity contribution is 7.89. The summed E-state index contributed by atoms with van der Waals surface area (Å²) in [6.45, 7) is 1.55. The van der Waals surface area contributed by atoms with Crippen LogP contribution in [0.1, 0.15) is 12.0 Å². The van der Waals surface area contributed by atoms with Gasteiger partial charge in [-0.1, -0.05) is 30.3 Å². The third-order valence-electron chi connectivity index (χ3n) is 4.08. The molecule has 1 aliphatic rings. The molecular weight excluding hydrogens is 340 g/mol. The van der Waals surface area contributed by atoms with Crippen LogP contribution in [0.15, 0.2) is 54.0 Å². The molecule has 1 fully saturated rings. The van der Waals surface area contributed by atoms with Gasteiger partial charge in [0.2, 0.25) is 5.91 Å². The van der Waals surface area contributed by atoms with E-state index in [0.29, 0.717) is 26.1 Å². The van der Waals surface area contributed by atoms with E-state index in [0.717, 1.165) is 5.56 Å². The topological polar surface area (TPSA) is 86.4 Å². The van der Waals surface area contributed by atoms with Crippen molar-refractivity contribution in [3.63, 3.8) is 0 Å². The van der Waals surface area contributed by atoms with Gasteiger partial charge in [0.1, 0.15) is 0 Å². The predicted octanol–water partition coefficient (Wildman–Crippen LogP) is 1.35. The Morgan fingerprint density at radius 3 is 2.64 bits per heavy atom. The first-order chi connectivity index (χ1) is 12.1. The fourth-order valence-electron chi connectivity index (χ4n) is 2.71. The molecule has 1 N–H and O–H groups in total. The lowest BCUT2D eigenvalue weighted by atomic mass is 10.2. The smallest absolute Gasteiger partial charge is 0.260 e. The fraction of sp³-hybridized carbons (Fsp3) is 0.294. The van der Waals surface area contributed by atoms with Crippen LogP contribution in [-0.2, 0) is 14.8 Å². The van der Waals surface area contributed by atoms with E-state index < -0.39 is 10.0 Å². The summed E-state index contributed by atoms with van der Waals surface area (Å²) in [7, 11) is -3.59. The molecular formula is C17H20N4O3S. The second-order valence-electron chi connectivity index (χ2n) is 5.74. The number of aromatic amines is 1. The van der Waals surface area contributed by atoms with Crippen molar-refractivity contribution in [3.05, 3.63) is 54.5 Å². The zero-order chi connectivity index (χ0) is 17.7. The first-order valence-electron chi connectivity index (χ1n) is 8.08. The summed E-state index contributed by atoms with van der Waals surface area (Å²) in [5.74, 6) is -0.107. The van der Waals surface area contributed by atoms with E-state index in [2.05, 4.69) is 9.97 Å². The van der Waals surface area contributed by atoms with E-state index in [1.807, 2.05) is 30.3 Å². The number of nitrogens with zero attached hydrogens (tertiary/aromatic N) is 3. The third kappa shape index (κ3) is 4.15. The predicted molar refractivity (Wildman–Crippen MR) is 94.0 cm³/mol. The van der Waals surface area contributed by atoms with Crippen molar-refractivity contribution in [3.8, 4) is 0 Å². The highest BCUT2D eigenvalue weighted by Gasteiger charge is 2.28. The second kappa shape index (κ2) is 7.62. The lowest BCUT2D eigenvalue weighted by molar-refractivity contribution is -0.125. The number of imidazole rings is 1. The molecule has 1 saturated heterocycles. The van der Waals surface area contributed by atoms with Gasteiger partial charge >= 0.3 is 0 Å². The number of sulfonamides is 1. The number of hydrogen-bond donors (Lipinski definition) is 1. The van der Waals surface area contributed by atoms with Crippen molar-refractivity contribution >= 4 is 22.0 Å². The molecule has 2 heterocycles. The van der Waals surface area contributed by atoms with Gasteiger partial charge in [-0.05, 0) is 18.1 Å². The molecule has 1 aromatic carbocycles. The Hall–Kier alpha value is -2.45. The number of carbonyl (C=O) groups is 1. The number of carbonyl (C=O) groups excluding carboxylic acids is 1. The molecule has 1 aromatic heterocycles. The first-order valence-corrected chi connectivity index (χ1v) is 9.52. The van der Waals surface area contributed by atoms with Crippen LogP contribution < -0.4 is 0 Å². The molecule has 3 rings (SSSR count). The monoisotopic (exact) mass is 360 g/mol. The van der Waals surface area contributed by atoms with Gasteiger partial charge in [-0.3, -0.25) is 4.79 Å². The normalized spacial score (nSPS) is 16.9. The number of benzene rings is 1. The molecule has 0 spiro atoms. The number of aromatic nitrogens is 2. The van der Waals surface area contributed by atoms with E-state index >= 15 is 0 Å². The number of nitrogens with one attached hydrogen (secondary N) is 1. The second-order valence-corrected chi connectivity index (χ2v) is 7.65. The largest absolute Gasteiger partial charge is 0.338 e. The molecule has 1 aliphatic heterocycles. The molecule has 25 heavy (non-hydrogen) atoms. The Morgan fingerprint density at radius 1 is 1.12 bits per heavy atom. The van der Waals surface area contributed by atoms with Gasteiger partial charge in [0.15, 0.2) is 5.03 Å². The van der Waals surface area contributed by atoms with Crippen molar-refractivity contribution in [2.75, 3.05) is 26.2 Å². The Kier molecular flexibility index (Phi) is 5.30. The standard InChI is InChI=1S/C17H20N4O3S/c22-17(8-7-15-5-2-1-3-6-15)20-9-4-10-21(12-11-20)25(23,24)16-13-18-14-19-16/h1-3,5-8,13-14H,4,9-12H2,(H,18,19)/b8-7+. The minimum Gasteiger partial charge on any atom is -0.338 e. The van der Waals surface area contributed by atoms with E-state index in [9.17, 15) is 13.2 Å². The van der Waals surface area contributed by atoms with Crippen LogP contribution in [0.3, 0.4) is 0 Å². The van der Waals surface area contributed by atoms with E-state index in [-0.39, 0.29) is 17.5 Å². The maximum Gasteiger partial charge on any atom is 0.260 e. The Bertz CT molecular complexity index is 832.